The van der Waals surface area contributed by atoms with Gasteiger partial charge in [0.25, 0.3) is 0 Å². The summed E-state index contributed by atoms with van der Waals surface area (Å²) in [5, 5.41) is 9.65. The molecule has 1 aromatic heterocycles. The third-order valence-corrected chi connectivity index (χ3v) is 4.56. The van der Waals surface area contributed by atoms with Gasteiger partial charge in [-0.3, -0.25) is 9.78 Å². The van der Waals surface area contributed by atoms with E-state index < -0.39 is 11.4 Å². The molecule has 3 nitrogen and oxygen atoms in total. The van der Waals surface area contributed by atoms with E-state index in [9.17, 15) is 9.90 Å². The highest BCUT2D eigenvalue weighted by Crippen LogP contribution is 2.42. The number of rotatable bonds is 4. The summed E-state index contributed by atoms with van der Waals surface area (Å²) >= 11 is 0. The lowest BCUT2D eigenvalue weighted by molar-refractivity contribution is -0.151. The number of carboxylic acids is 1. The van der Waals surface area contributed by atoms with Crippen LogP contribution in [-0.2, 0) is 11.2 Å². The molecule has 0 radical (unpaired) electrons. The summed E-state index contributed by atoms with van der Waals surface area (Å²) in [7, 11) is 0. The Bertz CT molecular complexity index is 448. The Morgan fingerprint density at radius 1 is 1.42 bits per heavy atom. The predicted octanol–water partition coefficient (Wildman–Crippen LogP) is 3.60. The van der Waals surface area contributed by atoms with Crippen LogP contribution in [-0.4, -0.2) is 16.1 Å². The molecular formula is C16H23NO2. The number of aromatic nitrogens is 1. The molecule has 1 aliphatic rings. The first-order valence-corrected chi connectivity index (χ1v) is 7.22. The van der Waals surface area contributed by atoms with Gasteiger partial charge in [-0.1, -0.05) is 19.4 Å². The summed E-state index contributed by atoms with van der Waals surface area (Å²) in [5.74, 6) is 0.0586. The third kappa shape index (κ3) is 3.14. The van der Waals surface area contributed by atoms with Crippen molar-refractivity contribution in [2.45, 2.75) is 52.4 Å². The van der Waals surface area contributed by atoms with Crippen molar-refractivity contribution in [1.82, 2.24) is 4.98 Å². The first kappa shape index (κ1) is 14.0. The van der Waals surface area contributed by atoms with Crippen molar-refractivity contribution in [1.29, 1.82) is 0 Å². The van der Waals surface area contributed by atoms with Gasteiger partial charge in [-0.15, -0.1) is 0 Å². The molecule has 0 aromatic carbocycles. The van der Waals surface area contributed by atoms with Crippen LogP contribution in [0.5, 0.6) is 0 Å². The van der Waals surface area contributed by atoms with Gasteiger partial charge in [0.2, 0.25) is 0 Å². The van der Waals surface area contributed by atoms with E-state index in [0.717, 1.165) is 37.1 Å². The fourth-order valence-corrected chi connectivity index (χ4v) is 3.15. The second kappa shape index (κ2) is 5.72. The molecule has 0 saturated heterocycles. The molecule has 1 aliphatic carbocycles. The van der Waals surface area contributed by atoms with E-state index in [1.807, 2.05) is 25.1 Å². The van der Waals surface area contributed by atoms with Gasteiger partial charge in [0.15, 0.2) is 0 Å². The van der Waals surface area contributed by atoms with E-state index in [4.69, 9.17) is 0 Å². The van der Waals surface area contributed by atoms with Crippen molar-refractivity contribution in [2.24, 2.45) is 11.3 Å². The molecule has 104 valence electrons. The van der Waals surface area contributed by atoms with E-state index in [-0.39, 0.29) is 0 Å². The maximum absolute atomic E-state index is 11.7. The van der Waals surface area contributed by atoms with Crippen molar-refractivity contribution in [3.8, 4) is 0 Å². The normalized spacial score (nSPS) is 27.2. The topological polar surface area (TPSA) is 50.2 Å². The first-order chi connectivity index (χ1) is 9.05. The minimum atomic E-state index is -0.648. The second-order valence-corrected chi connectivity index (χ2v) is 5.88. The molecule has 0 aliphatic heterocycles. The Hall–Kier alpha value is -1.38. The maximum Gasteiger partial charge on any atom is 0.310 e. The zero-order chi connectivity index (χ0) is 13.9. The lowest BCUT2D eigenvalue weighted by atomic mass is 9.67. The number of hydrogen-bond acceptors (Lipinski definition) is 2. The van der Waals surface area contributed by atoms with Crippen LogP contribution < -0.4 is 0 Å². The molecule has 2 rings (SSSR count). The number of pyridine rings is 1. The monoisotopic (exact) mass is 261 g/mol. The van der Waals surface area contributed by atoms with Crippen molar-refractivity contribution >= 4 is 5.97 Å². The van der Waals surface area contributed by atoms with Crippen molar-refractivity contribution in [3.63, 3.8) is 0 Å². The third-order valence-electron chi connectivity index (χ3n) is 4.56. The van der Waals surface area contributed by atoms with Gasteiger partial charge in [-0.2, -0.15) is 0 Å². The number of aliphatic carboxylic acids is 1. The molecule has 0 atom stereocenters. The lowest BCUT2D eigenvalue weighted by Gasteiger charge is -2.36. The highest BCUT2D eigenvalue weighted by atomic mass is 16.4. The van der Waals surface area contributed by atoms with Crippen molar-refractivity contribution < 1.29 is 9.90 Å². The summed E-state index contributed by atoms with van der Waals surface area (Å²) in [5.41, 5.74) is 1.28. The van der Waals surface area contributed by atoms with Crippen LogP contribution in [0.4, 0.5) is 0 Å². The average Bonchev–Trinajstić information content (AvgIpc) is 2.39. The number of carboxylic acid groups (broad SMARTS) is 1. The van der Waals surface area contributed by atoms with Gasteiger partial charge < -0.3 is 5.11 Å². The highest BCUT2D eigenvalue weighted by molar-refractivity contribution is 5.75. The van der Waals surface area contributed by atoms with Gasteiger partial charge in [-0.05, 0) is 50.7 Å². The van der Waals surface area contributed by atoms with Crippen LogP contribution in [0.3, 0.4) is 0 Å². The molecule has 0 amide bonds. The first-order valence-electron chi connectivity index (χ1n) is 7.22. The van der Waals surface area contributed by atoms with Gasteiger partial charge in [0, 0.05) is 17.8 Å². The van der Waals surface area contributed by atoms with Crippen LogP contribution in [0.25, 0.3) is 0 Å². The largest absolute Gasteiger partial charge is 0.481 e. The van der Waals surface area contributed by atoms with Crippen molar-refractivity contribution in [2.75, 3.05) is 0 Å². The van der Waals surface area contributed by atoms with Crippen LogP contribution in [0, 0.1) is 18.3 Å². The quantitative estimate of drug-likeness (QED) is 0.900. The van der Waals surface area contributed by atoms with E-state index in [1.165, 1.54) is 6.42 Å². The van der Waals surface area contributed by atoms with E-state index >= 15 is 0 Å². The Kier molecular flexibility index (Phi) is 4.23. The standard InChI is InChI=1S/C16H23NO2/c1-3-13-7-9-16(10-8-13,15(18)19)11-14-6-4-5-12(2)17-14/h4-6,13H,3,7-11H2,1-2H3,(H,18,19). The summed E-state index contributed by atoms with van der Waals surface area (Å²) < 4.78 is 0. The molecule has 1 saturated carbocycles. The van der Waals surface area contributed by atoms with Crippen LogP contribution in [0.2, 0.25) is 0 Å². The molecule has 1 N–H and O–H groups in total. The minimum Gasteiger partial charge on any atom is -0.481 e. The number of aryl methyl sites for hydroxylation is 1. The number of carbonyl (C=O) groups is 1. The van der Waals surface area contributed by atoms with Crippen LogP contribution >= 0.6 is 0 Å². The Balaban J connectivity index is 2.15. The summed E-state index contributed by atoms with van der Waals surface area (Å²) in [6, 6.07) is 5.86. The van der Waals surface area contributed by atoms with Crippen LogP contribution in [0.15, 0.2) is 18.2 Å². The fraction of sp³-hybridized carbons (Fsp3) is 0.625. The Morgan fingerprint density at radius 2 is 2.11 bits per heavy atom. The molecule has 0 spiro atoms. The van der Waals surface area contributed by atoms with Crippen molar-refractivity contribution in [3.05, 3.63) is 29.6 Å². The molecule has 1 fully saturated rings. The average molecular weight is 261 g/mol. The molecule has 0 unspecified atom stereocenters. The molecule has 1 heterocycles. The SMILES string of the molecule is CCC1CCC(Cc2cccc(C)n2)(C(=O)O)CC1. The van der Waals surface area contributed by atoms with E-state index in [2.05, 4.69) is 11.9 Å². The Labute approximate surface area is 115 Å². The highest BCUT2D eigenvalue weighted by Gasteiger charge is 2.41. The van der Waals surface area contributed by atoms with Gasteiger partial charge in [0.05, 0.1) is 5.41 Å². The van der Waals surface area contributed by atoms with Gasteiger partial charge >= 0.3 is 5.97 Å². The van der Waals surface area contributed by atoms with Gasteiger partial charge in [0.1, 0.15) is 0 Å². The molecule has 19 heavy (non-hydrogen) atoms. The minimum absolute atomic E-state index is 0.570. The smallest absolute Gasteiger partial charge is 0.310 e. The molecule has 3 heteroatoms. The molecule has 1 aromatic rings. The lowest BCUT2D eigenvalue weighted by Crippen LogP contribution is -2.37. The number of nitrogens with zero attached hydrogens (tertiary/aromatic N) is 1. The molecule has 0 bridgehead atoms. The summed E-state index contributed by atoms with van der Waals surface area (Å²) in [4.78, 5) is 16.2. The van der Waals surface area contributed by atoms with Gasteiger partial charge in [-0.25, -0.2) is 0 Å². The second-order valence-electron chi connectivity index (χ2n) is 5.88. The number of hydrogen-bond donors (Lipinski definition) is 1. The summed E-state index contributed by atoms with van der Waals surface area (Å²) in [6.45, 7) is 4.14. The Morgan fingerprint density at radius 3 is 2.63 bits per heavy atom. The van der Waals surface area contributed by atoms with E-state index in [1.54, 1.807) is 0 Å². The molecular weight excluding hydrogens is 238 g/mol. The maximum atomic E-state index is 11.7. The zero-order valence-electron chi connectivity index (χ0n) is 11.9. The fourth-order valence-electron chi connectivity index (χ4n) is 3.15. The van der Waals surface area contributed by atoms with E-state index in [0.29, 0.717) is 12.3 Å². The predicted molar refractivity (Wildman–Crippen MR) is 75.0 cm³/mol. The summed E-state index contributed by atoms with van der Waals surface area (Å²) in [6.07, 6.45) is 5.38. The van der Waals surface area contributed by atoms with Crippen LogP contribution in [0.1, 0.15) is 50.4 Å². The zero-order valence-corrected chi connectivity index (χ0v) is 11.9.